The van der Waals surface area contributed by atoms with Crippen LogP contribution >= 0.6 is 11.6 Å². The SMILES string of the molecule is C=C(COc1c(C)cc(Cl)cc1C)[B-](F)(F)F. The Hall–Kier alpha value is -1.10. The zero-order valence-corrected chi connectivity index (χ0v) is 10.3. The first-order chi connectivity index (χ1) is 7.71. The molecule has 0 amide bonds. The van der Waals surface area contributed by atoms with E-state index in [0.29, 0.717) is 21.9 Å². The molecule has 1 aromatic rings. The largest absolute Gasteiger partial charge is 0.508 e. The van der Waals surface area contributed by atoms with Crippen LogP contribution in [0.1, 0.15) is 11.1 Å². The lowest BCUT2D eigenvalue weighted by Gasteiger charge is -2.20. The van der Waals surface area contributed by atoms with E-state index in [4.69, 9.17) is 16.3 Å². The highest BCUT2D eigenvalue weighted by Crippen LogP contribution is 2.28. The number of ether oxygens (including phenoxy) is 1. The smallest absolute Gasteiger partial charge is 0.492 e. The van der Waals surface area contributed by atoms with Gasteiger partial charge in [-0.2, -0.15) is 0 Å². The second kappa shape index (κ2) is 5.04. The summed E-state index contributed by atoms with van der Waals surface area (Å²) in [5, 5.41) is 0.534. The van der Waals surface area contributed by atoms with E-state index in [1.807, 2.05) is 0 Å². The van der Waals surface area contributed by atoms with E-state index in [2.05, 4.69) is 6.58 Å². The van der Waals surface area contributed by atoms with Crippen molar-refractivity contribution in [2.75, 3.05) is 6.61 Å². The quantitative estimate of drug-likeness (QED) is 0.737. The summed E-state index contributed by atoms with van der Waals surface area (Å²) in [6.07, 6.45) is 0. The van der Waals surface area contributed by atoms with Crippen LogP contribution in [0.5, 0.6) is 5.75 Å². The van der Waals surface area contributed by atoms with Gasteiger partial charge in [0.15, 0.2) is 0 Å². The molecule has 0 aliphatic carbocycles. The van der Waals surface area contributed by atoms with Gasteiger partial charge < -0.3 is 17.7 Å². The Labute approximate surface area is 103 Å². The average Bonchev–Trinajstić information content (AvgIpc) is 2.13. The molecule has 0 heterocycles. The standard InChI is InChI=1S/C11H12BClF3O/c1-7-4-10(13)5-8(2)11(7)17-6-9(3)12(14,15)16/h4-5H,3,6H2,1-2H3/q-1. The fourth-order valence-corrected chi connectivity index (χ4v) is 1.71. The molecular formula is C11H12BClF3O-. The van der Waals surface area contributed by atoms with Crippen LogP contribution in [-0.2, 0) is 0 Å². The molecule has 6 heteroatoms. The van der Waals surface area contributed by atoms with Crippen LogP contribution in [-0.4, -0.2) is 13.6 Å². The maximum atomic E-state index is 12.3. The minimum Gasteiger partial charge on any atom is -0.492 e. The van der Waals surface area contributed by atoms with Crippen LogP contribution in [0.15, 0.2) is 24.2 Å². The lowest BCUT2D eigenvalue weighted by molar-refractivity contribution is 0.342. The van der Waals surface area contributed by atoms with Gasteiger partial charge in [0, 0.05) is 5.02 Å². The first-order valence-electron chi connectivity index (χ1n) is 4.99. The second-order valence-electron chi connectivity index (χ2n) is 3.89. The average molecular weight is 263 g/mol. The van der Waals surface area contributed by atoms with Gasteiger partial charge in [-0.1, -0.05) is 11.6 Å². The summed E-state index contributed by atoms with van der Waals surface area (Å²) >= 11 is 5.81. The molecule has 1 rings (SSSR count). The first-order valence-corrected chi connectivity index (χ1v) is 5.36. The van der Waals surface area contributed by atoms with Crippen molar-refractivity contribution in [3.63, 3.8) is 0 Å². The minimum atomic E-state index is -5.04. The third-order valence-electron chi connectivity index (χ3n) is 2.29. The highest BCUT2D eigenvalue weighted by Gasteiger charge is 2.27. The Morgan fingerprint density at radius 3 is 2.18 bits per heavy atom. The number of benzene rings is 1. The van der Waals surface area contributed by atoms with E-state index in [-0.39, 0.29) is 0 Å². The molecule has 0 spiro atoms. The van der Waals surface area contributed by atoms with Crippen LogP contribution in [0.2, 0.25) is 5.02 Å². The summed E-state index contributed by atoms with van der Waals surface area (Å²) in [7, 11) is 0. The van der Waals surface area contributed by atoms with Gasteiger partial charge >= 0.3 is 6.98 Å². The highest BCUT2D eigenvalue weighted by atomic mass is 35.5. The number of aryl methyl sites for hydroxylation is 2. The molecule has 0 saturated heterocycles. The van der Waals surface area contributed by atoms with E-state index < -0.39 is 19.1 Å². The molecule has 17 heavy (non-hydrogen) atoms. The van der Waals surface area contributed by atoms with Crippen LogP contribution in [0.4, 0.5) is 12.9 Å². The van der Waals surface area contributed by atoms with Gasteiger partial charge in [0.2, 0.25) is 0 Å². The molecule has 0 saturated carbocycles. The zero-order chi connectivity index (χ0) is 13.2. The molecule has 0 aliphatic heterocycles. The number of hydrogen-bond donors (Lipinski definition) is 0. The normalized spacial score (nSPS) is 11.4. The fourth-order valence-electron chi connectivity index (χ4n) is 1.38. The van der Waals surface area contributed by atoms with Gasteiger partial charge in [-0.3, -0.25) is 0 Å². The van der Waals surface area contributed by atoms with E-state index in [9.17, 15) is 12.9 Å². The highest BCUT2D eigenvalue weighted by molar-refractivity contribution is 6.66. The Morgan fingerprint density at radius 1 is 1.29 bits per heavy atom. The van der Waals surface area contributed by atoms with Gasteiger partial charge in [-0.15, -0.1) is 12.1 Å². The summed E-state index contributed by atoms with van der Waals surface area (Å²) < 4.78 is 42.0. The molecule has 0 fully saturated rings. The molecule has 0 radical (unpaired) electrons. The maximum absolute atomic E-state index is 12.3. The Kier molecular flexibility index (Phi) is 4.14. The molecule has 0 aliphatic rings. The van der Waals surface area contributed by atoms with Crippen LogP contribution in [0, 0.1) is 13.8 Å². The van der Waals surface area contributed by atoms with Gasteiger partial charge in [0.1, 0.15) is 5.75 Å². The zero-order valence-electron chi connectivity index (χ0n) is 9.57. The molecule has 94 valence electrons. The van der Waals surface area contributed by atoms with Crippen LogP contribution in [0.3, 0.4) is 0 Å². The first kappa shape index (κ1) is 14.0. The molecule has 0 atom stereocenters. The summed E-state index contributed by atoms with van der Waals surface area (Å²) in [6, 6.07) is 3.29. The van der Waals surface area contributed by atoms with Crippen molar-refractivity contribution in [2.24, 2.45) is 0 Å². The van der Waals surface area contributed by atoms with Gasteiger partial charge in [-0.25, -0.2) is 0 Å². The third-order valence-corrected chi connectivity index (χ3v) is 2.51. The Balaban J connectivity index is 2.80. The molecule has 0 bridgehead atoms. The predicted octanol–water partition coefficient (Wildman–Crippen LogP) is 4.28. The molecule has 0 unspecified atom stereocenters. The summed E-state index contributed by atoms with van der Waals surface area (Å²) in [5.74, 6) is 0.426. The van der Waals surface area contributed by atoms with E-state index >= 15 is 0 Å². The molecule has 0 N–H and O–H groups in total. The maximum Gasteiger partial charge on any atom is 0.508 e. The Morgan fingerprint density at radius 2 is 1.76 bits per heavy atom. The van der Waals surface area contributed by atoms with E-state index in [0.717, 1.165) is 0 Å². The molecule has 1 nitrogen and oxygen atoms in total. The molecular weight excluding hydrogens is 251 g/mol. The van der Waals surface area contributed by atoms with Crippen molar-refractivity contribution in [1.82, 2.24) is 0 Å². The van der Waals surface area contributed by atoms with E-state index in [1.54, 1.807) is 26.0 Å². The fraction of sp³-hybridized carbons (Fsp3) is 0.273. The third kappa shape index (κ3) is 3.70. The number of rotatable bonds is 4. The molecule has 0 aromatic heterocycles. The summed E-state index contributed by atoms with van der Waals surface area (Å²) in [4.78, 5) is 0. The van der Waals surface area contributed by atoms with Crippen molar-refractivity contribution < 1.29 is 17.7 Å². The summed E-state index contributed by atoms with van der Waals surface area (Å²) in [5.41, 5.74) is 0.564. The van der Waals surface area contributed by atoms with E-state index in [1.165, 1.54) is 0 Å². The lowest BCUT2D eigenvalue weighted by atomic mass is 9.81. The second-order valence-corrected chi connectivity index (χ2v) is 4.33. The lowest BCUT2D eigenvalue weighted by Crippen LogP contribution is -2.23. The topological polar surface area (TPSA) is 9.23 Å². The van der Waals surface area contributed by atoms with Crippen molar-refractivity contribution in [1.29, 1.82) is 0 Å². The van der Waals surface area contributed by atoms with Crippen molar-refractivity contribution in [3.05, 3.63) is 40.3 Å². The van der Waals surface area contributed by atoms with Crippen molar-refractivity contribution in [3.8, 4) is 5.75 Å². The predicted molar refractivity (Wildman–Crippen MR) is 64.6 cm³/mol. The van der Waals surface area contributed by atoms with Crippen molar-refractivity contribution >= 4 is 18.6 Å². The van der Waals surface area contributed by atoms with Crippen molar-refractivity contribution in [2.45, 2.75) is 13.8 Å². The van der Waals surface area contributed by atoms with Crippen LogP contribution < -0.4 is 4.74 Å². The van der Waals surface area contributed by atoms with Gasteiger partial charge in [-0.05, 0) is 37.1 Å². The number of halogens is 4. The minimum absolute atomic E-state index is 0.426. The Bertz CT molecular complexity index is 420. The number of hydrogen-bond acceptors (Lipinski definition) is 1. The molecule has 1 aromatic carbocycles. The van der Waals surface area contributed by atoms with Gasteiger partial charge in [0.25, 0.3) is 0 Å². The summed E-state index contributed by atoms with van der Waals surface area (Å²) in [6.45, 7) is 0.840. The monoisotopic (exact) mass is 263 g/mol. The van der Waals surface area contributed by atoms with Crippen LogP contribution in [0.25, 0.3) is 0 Å². The van der Waals surface area contributed by atoms with Gasteiger partial charge in [0.05, 0.1) is 6.61 Å².